The molecule has 4 nitrogen and oxygen atoms in total. The largest absolute Gasteiger partial charge is 0.433 e. The fourth-order valence-electron chi connectivity index (χ4n) is 3.39. The molecule has 0 amide bonds. The van der Waals surface area contributed by atoms with Gasteiger partial charge in [-0.25, -0.2) is 4.98 Å². The molecular weight excluding hydrogens is 421 g/mol. The molecule has 1 aromatic heterocycles. The molecule has 0 spiro atoms. The molecule has 27 heavy (non-hydrogen) atoms. The van der Waals surface area contributed by atoms with Crippen LogP contribution in [0.5, 0.6) is 0 Å². The zero-order valence-electron chi connectivity index (χ0n) is 15.3. The molecular formula is C19H22BrF3N4. The maximum Gasteiger partial charge on any atom is 0.433 e. The van der Waals surface area contributed by atoms with Gasteiger partial charge in [0.1, 0.15) is 5.82 Å². The average molecular weight is 443 g/mol. The van der Waals surface area contributed by atoms with Gasteiger partial charge in [-0.3, -0.25) is 0 Å². The Bertz CT molecular complexity index is 794. The maximum absolute atomic E-state index is 13.3. The van der Waals surface area contributed by atoms with Gasteiger partial charge in [-0.2, -0.15) is 18.2 Å². The Morgan fingerprint density at radius 3 is 2.22 bits per heavy atom. The van der Waals surface area contributed by atoms with Crippen molar-refractivity contribution < 1.29 is 13.2 Å². The molecule has 2 aromatic rings. The Kier molecular flexibility index (Phi) is 5.93. The van der Waals surface area contributed by atoms with Gasteiger partial charge in [0.15, 0.2) is 5.69 Å². The minimum atomic E-state index is -4.54. The van der Waals surface area contributed by atoms with E-state index < -0.39 is 11.9 Å². The van der Waals surface area contributed by atoms with E-state index in [4.69, 9.17) is 0 Å². The van der Waals surface area contributed by atoms with Crippen molar-refractivity contribution in [3.8, 4) is 0 Å². The van der Waals surface area contributed by atoms with Gasteiger partial charge < -0.3 is 10.6 Å². The predicted octanol–water partition coefficient (Wildman–Crippen LogP) is 6.36. The Morgan fingerprint density at radius 2 is 1.63 bits per heavy atom. The van der Waals surface area contributed by atoms with Crippen LogP contribution in [-0.4, -0.2) is 16.0 Å². The predicted molar refractivity (Wildman–Crippen MR) is 104 cm³/mol. The highest BCUT2D eigenvalue weighted by atomic mass is 79.9. The van der Waals surface area contributed by atoms with Gasteiger partial charge >= 0.3 is 6.18 Å². The van der Waals surface area contributed by atoms with Gasteiger partial charge in [-0.1, -0.05) is 35.2 Å². The third-order valence-corrected chi connectivity index (χ3v) is 5.16. The summed E-state index contributed by atoms with van der Waals surface area (Å²) in [6.07, 6.45) is 0.612. The molecule has 0 radical (unpaired) electrons. The van der Waals surface area contributed by atoms with Crippen LogP contribution < -0.4 is 10.6 Å². The molecule has 1 saturated carbocycles. The molecule has 0 aliphatic heterocycles. The summed E-state index contributed by atoms with van der Waals surface area (Å²) in [6, 6.07) is 4.88. The van der Waals surface area contributed by atoms with Crippen molar-refractivity contribution in [2.75, 3.05) is 10.6 Å². The van der Waals surface area contributed by atoms with Crippen LogP contribution in [0.15, 0.2) is 22.7 Å². The first kappa shape index (κ1) is 19.9. The van der Waals surface area contributed by atoms with E-state index in [1.807, 2.05) is 26.0 Å². The number of aryl methyl sites for hydroxylation is 2. The first-order valence-corrected chi connectivity index (χ1v) is 9.78. The van der Waals surface area contributed by atoms with Crippen molar-refractivity contribution in [3.63, 3.8) is 0 Å². The van der Waals surface area contributed by atoms with Crippen LogP contribution in [0.25, 0.3) is 0 Å². The summed E-state index contributed by atoms with van der Waals surface area (Å²) < 4.78 is 40.9. The van der Waals surface area contributed by atoms with Crippen molar-refractivity contribution >= 4 is 33.4 Å². The number of hydrogen-bond acceptors (Lipinski definition) is 4. The van der Waals surface area contributed by atoms with Crippen molar-refractivity contribution in [2.24, 2.45) is 0 Å². The van der Waals surface area contributed by atoms with Crippen molar-refractivity contribution in [3.05, 3.63) is 39.5 Å². The smallest absolute Gasteiger partial charge is 0.351 e. The minimum Gasteiger partial charge on any atom is -0.351 e. The van der Waals surface area contributed by atoms with Crippen molar-refractivity contribution in [1.29, 1.82) is 0 Å². The summed E-state index contributed by atoms with van der Waals surface area (Å²) in [5.41, 5.74) is 1.62. The Morgan fingerprint density at radius 1 is 1.00 bits per heavy atom. The van der Waals surface area contributed by atoms with E-state index >= 15 is 0 Å². The lowest BCUT2D eigenvalue weighted by Gasteiger charge is -2.23. The zero-order valence-corrected chi connectivity index (χ0v) is 16.8. The lowest BCUT2D eigenvalue weighted by Crippen LogP contribution is -2.24. The van der Waals surface area contributed by atoms with Crippen LogP contribution in [0.1, 0.15) is 48.9 Å². The lowest BCUT2D eigenvalue weighted by atomic mass is 9.96. The van der Waals surface area contributed by atoms with Gasteiger partial charge in [0, 0.05) is 22.3 Å². The number of hydrogen-bond donors (Lipinski definition) is 2. The van der Waals surface area contributed by atoms with Crippen LogP contribution in [0, 0.1) is 13.8 Å². The average Bonchev–Trinajstić information content (AvgIpc) is 2.58. The summed E-state index contributed by atoms with van der Waals surface area (Å²) in [4.78, 5) is 8.00. The molecule has 3 rings (SSSR count). The Labute approximate surface area is 165 Å². The number of aromatic nitrogens is 2. The van der Waals surface area contributed by atoms with E-state index in [9.17, 15) is 13.2 Å². The number of anilines is 3. The zero-order chi connectivity index (χ0) is 19.6. The SMILES string of the molecule is Cc1cc(Br)cc(C)c1Nc1cc(C(F)(F)F)nc(NC2CCCCC2)n1. The van der Waals surface area contributed by atoms with Crippen LogP contribution in [-0.2, 0) is 6.18 Å². The second-order valence-electron chi connectivity index (χ2n) is 6.98. The van der Waals surface area contributed by atoms with Gasteiger partial charge in [-0.05, 0) is 49.9 Å². The lowest BCUT2D eigenvalue weighted by molar-refractivity contribution is -0.141. The third-order valence-electron chi connectivity index (χ3n) is 4.71. The summed E-state index contributed by atoms with van der Waals surface area (Å²) in [7, 11) is 0. The highest BCUT2D eigenvalue weighted by Gasteiger charge is 2.34. The second-order valence-corrected chi connectivity index (χ2v) is 7.89. The van der Waals surface area contributed by atoms with Crippen molar-refractivity contribution in [2.45, 2.75) is 58.2 Å². The highest BCUT2D eigenvalue weighted by Crippen LogP contribution is 2.33. The van der Waals surface area contributed by atoms with Gasteiger partial charge in [0.2, 0.25) is 5.95 Å². The third kappa shape index (κ3) is 5.12. The van der Waals surface area contributed by atoms with E-state index in [2.05, 4.69) is 36.5 Å². The highest BCUT2D eigenvalue weighted by molar-refractivity contribution is 9.10. The molecule has 0 bridgehead atoms. The quantitative estimate of drug-likeness (QED) is 0.577. The van der Waals surface area contributed by atoms with Gasteiger partial charge in [0.25, 0.3) is 0 Å². The summed E-state index contributed by atoms with van der Waals surface area (Å²) in [6.45, 7) is 3.79. The number of nitrogens with one attached hydrogen (secondary N) is 2. The molecule has 8 heteroatoms. The summed E-state index contributed by atoms with van der Waals surface area (Å²) in [5, 5.41) is 6.13. The van der Waals surface area contributed by atoms with E-state index in [0.29, 0.717) is 0 Å². The maximum atomic E-state index is 13.3. The molecule has 2 N–H and O–H groups in total. The molecule has 0 unspecified atom stereocenters. The monoisotopic (exact) mass is 442 g/mol. The van der Waals surface area contributed by atoms with E-state index in [-0.39, 0.29) is 17.8 Å². The Balaban J connectivity index is 1.93. The molecule has 1 aliphatic carbocycles. The standard InChI is InChI=1S/C19H22BrF3N4/c1-11-8-13(20)9-12(2)17(11)26-16-10-15(19(21,22)23)25-18(27-16)24-14-6-4-3-5-7-14/h8-10,14H,3-7H2,1-2H3,(H2,24,25,26,27). The topological polar surface area (TPSA) is 49.8 Å². The van der Waals surface area contributed by atoms with Crippen LogP contribution >= 0.6 is 15.9 Å². The molecule has 1 heterocycles. The van der Waals surface area contributed by atoms with Crippen LogP contribution in [0.2, 0.25) is 0 Å². The van der Waals surface area contributed by atoms with Crippen LogP contribution in [0.4, 0.5) is 30.6 Å². The first-order chi connectivity index (χ1) is 12.7. The first-order valence-electron chi connectivity index (χ1n) is 8.99. The van der Waals surface area contributed by atoms with Crippen LogP contribution in [0.3, 0.4) is 0 Å². The molecule has 1 aliphatic rings. The minimum absolute atomic E-state index is 0.0200. The molecule has 1 aromatic carbocycles. The van der Waals surface area contributed by atoms with E-state index in [0.717, 1.165) is 59.5 Å². The Hall–Kier alpha value is -1.83. The summed E-state index contributed by atoms with van der Waals surface area (Å²) in [5.74, 6) is 0.149. The van der Waals surface area contributed by atoms with E-state index in [1.165, 1.54) is 0 Å². The van der Waals surface area contributed by atoms with Crippen molar-refractivity contribution in [1.82, 2.24) is 9.97 Å². The molecule has 0 saturated heterocycles. The fourth-order valence-corrected chi connectivity index (χ4v) is 4.07. The fraction of sp³-hybridized carbons (Fsp3) is 0.474. The number of rotatable bonds is 4. The number of benzene rings is 1. The normalized spacial score (nSPS) is 15.6. The van der Waals surface area contributed by atoms with Gasteiger partial charge in [-0.15, -0.1) is 0 Å². The van der Waals surface area contributed by atoms with Gasteiger partial charge in [0.05, 0.1) is 0 Å². The molecule has 1 fully saturated rings. The summed E-state index contributed by atoms with van der Waals surface area (Å²) >= 11 is 3.42. The number of nitrogens with zero attached hydrogens (tertiary/aromatic N) is 2. The molecule has 146 valence electrons. The number of alkyl halides is 3. The molecule has 0 atom stereocenters. The number of halogens is 4. The van der Waals surface area contributed by atoms with E-state index in [1.54, 1.807) is 0 Å². The second kappa shape index (κ2) is 8.04.